The lowest BCUT2D eigenvalue weighted by molar-refractivity contribution is 0.0934. The van der Waals surface area contributed by atoms with E-state index < -0.39 is 45.5 Å². The summed E-state index contributed by atoms with van der Waals surface area (Å²) < 4.78 is 0. The van der Waals surface area contributed by atoms with Crippen LogP contribution in [0.25, 0.3) is 0 Å². The van der Waals surface area contributed by atoms with Gasteiger partial charge < -0.3 is 25.5 Å². The second kappa shape index (κ2) is 5.64. The molecule has 0 aromatic heterocycles. The van der Waals surface area contributed by atoms with Gasteiger partial charge in [-0.15, -0.1) is 0 Å². The molecule has 2 aliphatic rings. The maximum atomic E-state index is 12.9. The zero-order chi connectivity index (χ0) is 19.6. The fourth-order valence-electron chi connectivity index (χ4n) is 4.99. The van der Waals surface area contributed by atoms with E-state index in [1.807, 2.05) is 20.8 Å². The number of phenolic OH excluding ortho intramolecular Hbond substituents is 3. The molecule has 0 spiro atoms. The third-order valence-corrected chi connectivity index (χ3v) is 6.16. The molecule has 2 unspecified atom stereocenters. The number of aliphatic hydroxyl groups is 2. The van der Waals surface area contributed by atoms with Gasteiger partial charge in [-0.3, -0.25) is 4.79 Å². The number of aromatic hydroxyl groups is 3. The summed E-state index contributed by atoms with van der Waals surface area (Å²) in [5.41, 5.74) is -0.921. The highest BCUT2D eigenvalue weighted by molar-refractivity contribution is 6.13. The number of carbonyl (C=O) groups excluding carboxylic acids is 1. The summed E-state index contributed by atoms with van der Waals surface area (Å²) >= 11 is 0. The average Bonchev–Trinajstić information content (AvgIpc) is 2.55. The predicted molar refractivity (Wildman–Crippen MR) is 95.9 cm³/mol. The van der Waals surface area contributed by atoms with Gasteiger partial charge in [0, 0.05) is 29.1 Å². The van der Waals surface area contributed by atoms with Gasteiger partial charge in [-0.05, 0) is 23.8 Å². The predicted octanol–water partition coefficient (Wildman–Crippen LogP) is 3.38. The second-order valence-electron chi connectivity index (χ2n) is 8.42. The normalized spacial score (nSPS) is 25.7. The Morgan fingerprint density at radius 3 is 2.19 bits per heavy atom. The van der Waals surface area contributed by atoms with Gasteiger partial charge in [0.15, 0.2) is 17.3 Å². The minimum atomic E-state index is -0.880. The molecular formula is C20H26O6. The van der Waals surface area contributed by atoms with Crippen LogP contribution in [0.15, 0.2) is 11.3 Å². The highest BCUT2D eigenvalue weighted by Crippen LogP contribution is 2.61. The molecular weight excluding hydrogens is 336 g/mol. The zero-order valence-corrected chi connectivity index (χ0v) is 15.6. The number of aliphatic hydroxyl groups excluding tert-OH is 2. The molecule has 0 bridgehead atoms. The fourth-order valence-corrected chi connectivity index (χ4v) is 4.99. The van der Waals surface area contributed by atoms with Crippen LogP contribution in [0.2, 0.25) is 0 Å². The highest BCUT2D eigenvalue weighted by atomic mass is 16.3. The number of phenols is 3. The summed E-state index contributed by atoms with van der Waals surface area (Å²) in [4.78, 5) is 12.9. The van der Waals surface area contributed by atoms with E-state index in [0.29, 0.717) is 12.0 Å². The molecule has 6 nitrogen and oxygen atoms in total. The number of fused-ring (bicyclic) bond motifs is 3. The Balaban J connectivity index is 2.44. The lowest BCUT2D eigenvalue weighted by Crippen LogP contribution is -2.43. The molecule has 0 radical (unpaired) electrons. The summed E-state index contributed by atoms with van der Waals surface area (Å²) in [7, 11) is 0. The maximum Gasteiger partial charge on any atom is 0.231 e. The molecule has 0 saturated heterocycles. The van der Waals surface area contributed by atoms with Crippen molar-refractivity contribution in [3.8, 4) is 17.2 Å². The molecule has 2 atom stereocenters. The van der Waals surface area contributed by atoms with E-state index in [9.17, 15) is 30.3 Å². The first-order valence-corrected chi connectivity index (χ1v) is 8.90. The number of hydrogen-bond donors (Lipinski definition) is 5. The number of Topliss-reactive ketones (excluding diaryl/α,β-unsaturated/α-hetero) is 1. The van der Waals surface area contributed by atoms with Crippen LogP contribution >= 0.6 is 0 Å². The zero-order valence-electron chi connectivity index (χ0n) is 15.6. The van der Waals surface area contributed by atoms with Gasteiger partial charge in [-0.1, -0.05) is 34.1 Å². The minimum absolute atomic E-state index is 0.0907. The number of hydrogen-bond acceptors (Lipinski definition) is 6. The van der Waals surface area contributed by atoms with Crippen molar-refractivity contribution in [3.05, 3.63) is 28.0 Å². The molecule has 1 aromatic rings. The van der Waals surface area contributed by atoms with Crippen LogP contribution in [0.3, 0.4) is 0 Å². The molecule has 0 aliphatic heterocycles. The van der Waals surface area contributed by atoms with Crippen LogP contribution in [-0.2, 0) is 5.41 Å². The van der Waals surface area contributed by atoms with Gasteiger partial charge in [0.25, 0.3) is 0 Å². The monoisotopic (exact) mass is 362 g/mol. The van der Waals surface area contributed by atoms with Crippen molar-refractivity contribution in [2.75, 3.05) is 6.61 Å². The van der Waals surface area contributed by atoms with Gasteiger partial charge in [0.1, 0.15) is 5.75 Å². The lowest BCUT2D eigenvalue weighted by atomic mass is 9.54. The Bertz CT molecular complexity index is 835. The lowest BCUT2D eigenvalue weighted by Gasteiger charge is -2.49. The number of carbonyl (C=O) groups is 1. The van der Waals surface area contributed by atoms with E-state index in [1.165, 1.54) is 0 Å². The van der Waals surface area contributed by atoms with Gasteiger partial charge >= 0.3 is 0 Å². The maximum absolute atomic E-state index is 12.9. The molecule has 0 heterocycles. The minimum Gasteiger partial charge on any atom is -0.507 e. The number of rotatable bonds is 2. The van der Waals surface area contributed by atoms with Crippen molar-refractivity contribution in [1.82, 2.24) is 0 Å². The van der Waals surface area contributed by atoms with Crippen LogP contribution in [0.1, 0.15) is 74.4 Å². The van der Waals surface area contributed by atoms with Gasteiger partial charge in [0.05, 0.1) is 5.56 Å². The van der Waals surface area contributed by atoms with Crippen LogP contribution in [0.5, 0.6) is 17.2 Å². The Hall–Kier alpha value is -2.21. The Morgan fingerprint density at radius 1 is 1.00 bits per heavy atom. The molecule has 6 heteroatoms. The molecule has 5 N–H and O–H groups in total. The molecule has 1 aromatic carbocycles. The van der Waals surface area contributed by atoms with E-state index in [4.69, 9.17) is 0 Å². The third-order valence-electron chi connectivity index (χ3n) is 6.16. The third kappa shape index (κ3) is 2.18. The van der Waals surface area contributed by atoms with Gasteiger partial charge in [-0.2, -0.15) is 0 Å². The SMILES string of the molecule is CC(CO)c1c(O)c(O)c2c(c1O)C(=O)C(O)=C1C(C)(C)CCCC12C. The fraction of sp³-hybridized carbons (Fsp3) is 0.550. The number of benzene rings is 1. The van der Waals surface area contributed by atoms with E-state index in [-0.39, 0.29) is 23.3 Å². The summed E-state index contributed by atoms with van der Waals surface area (Å²) in [5, 5.41) is 52.1. The molecule has 142 valence electrons. The largest absolute Gasteiger partial charge is 0.507 e. The molecule has 2 aliphatic carbocycles. The van der Waals surface area contributed by atoms with Crippen LogP contribution in [0, 0.1) is 5.41 Å². The van der Waals surface area contributed by atoms with Crippen molar-refractivity contribution >= 4 is 5.78 Å². The van der Waals surface area contributed by atoms with Crippen LogP contribution < -0.4 is 0 Å². The van der Waals surface area contributed by atoms with E-state index >= 15 is 0 Å². The summed E-state index contributed by atoms with van der Waals surface area (Å²) in [6, 6.07) is 0. The average molecular weight is 362 g/mol. The van der Waals surface area contributed by atoms with E-state index in [0.717, 1.165) is 12.8 Å². The Kier molecular flexibility index (Phi) is 4.03. The Labute approximate surface area is 152 Å². The highest BCUT2D eigenvalue weighted by Gasteiger charge is 2.53. The summed E-state index contributed by atoms with van der Waals surface area (Å²) in [6.07, 6.45) is 2.16. The molecule has 1 fully saturated rings. The second-order valence-corrected chi connectivity index (χ2v) is 8.42. The summed E-state index contributed by atoms with van der Waals surface area (Å²) in [6.45, 7) is 6.87. The smallest absolute Gasteiger partial charge is 0.231 e. The first-order chi connectivity index (χ1) is 12.0. The van der Waals surface area contributed by atoms with Crippen molar-refractivity contribution in [1.29, 1.82) is 0 Å². The Morgan fingerprint density at radius 2 is 1.62 bits per heavy atom. The molecule has 26 heavy (non-hydrogen) atoms. The standard InChI is InChI=1S/C20H26O6/c1-9(8-21)10-13(22)11-12(16(25)14(10)23)20(4)7-5-6-19(2,3)18(20)17(26)15(11)24/h9,21-23,25-26H,5-8H2,1-4H3. The molecule has 0 amide bonds. The van der Waals surface area contributed by atoms with Crippen LogP contribution in [-0.4, -0.2) is 37.9 Å². The first kappa shape index (κ1) is 18.6. The van der Waals surface area contributed by atoms with Crippen LogP contribution in [0.4, 0.5) is 0 Å². The van der Waals surface area contributed by atoms with Crippen molar-refractivity contribution in [3.63, 3.8) is 0 Å². The van der Waals surface area contributed by atoms with Crippen molar-refractivity contribution in [2.45, 2.75) is 58.3 Å². The van der Waals surface area contributed by atoms with E-state index in [1.54, 1.807) is 6.92 Å². The molecule has 3 rings (SSSR count). The number of ketones is 1. The molecule has 1 saturated carbocycles. The summed E-state index contributed by atoms with van der Waals surface area (Å²) in [5.74, 6) is -3.33. The van der Waals surface area contributed by atoms with Gasteiger partial charge in [-0.25, -0.2) is 0 Å². The van der Waals surface area contributed by atoms with Crippen molar-refractivity contribution < 1.29 is 30.3 Å². The van der Waals surface area contributed by atoms with Crippen molar-refractivity contribution in [2.24, 2.45) is 5.41 Å². The quantitative estimate of drug-likeness (QED) is 0.407. The van der Waals surface area contributed by atoms with E-state index in [2.05, 4.69) is 0 Å². The first-order valence-electron chi connectivity index (χ1n) is 8.90. The van der Waals surface area contributed by atoms with Gasteiger partial charge in [0.2, 0.25) is 5.78 Å². The topological polar surface area (TPSA) is 118 Å². The number of allylic oxidation sites excluding steroid dienone is 2.